The summed E-state index contributed by atoms with van der Waals surface area (Å²) in [5.74, 6) is 0. The summed E-state index contributed by atoms with van der Waals surface area (Å²) in [5, 5.41) is 0. The molecule has 0 bridgehead atoms. The van der Waals surface area contributed by atoms with Gasteiger partial charge < -0.3 is 0 Å². The van der Waals surface area contributed by atoms with Crippen LogP contribution < -0.4 is 0 Å². The van der Waals surface area contributed by atoms with Crippen molar-refractivity contribution in [2.45, 2.75) is 92.4 Å². The van der Waals surface area contributed by atoms with Crippen LogP contribution in [0.2, 0.25) is 13.3 Å². The molecule has 0 saturated heterocycles. The molecule has 0 radical (unpaired) electrons. The summed E-state index contributed by atoms with van der Waals surface area (Å²) < 4.78 is 11.0. The van der Waals surface area contributed by atoms with Crippen LogP contribution in [0.15, 0.2) is 0 Å². The fraction of sp³-hybridized carbons (Fsp3) is 1.00. The molecular formula is C16H36OSn. The normalized spacial score (nSPS) is 12.0. The van der Waals surface area contributed by atoms with Gasteiger partial charge in [-0.3, -0.25) is 0 Å². The van der Waals surface area contributed by atoms with E-state index in [1.165, 1.54) is 64.7 Å². The van der Waals surface area contributed by atoms with E-state index in [4.69, 9.17) is 3.07 Å². The van der Waals surface area contributed by atoms with E-state index in [0.29, 0.717) is 0 Å². The van der Waals surface area contributed by atoms with Gasteiger partial charge in [0.15, 0.2) is 0 Å². The van der Waals surface area contributed by atoms with Crippen LogP contribution in [0, 0.1) is 0 Å². The second kappa shape index (κ2) is 12.8. The van der Waals surface area contributed by atoms with Crippen molar-refractivity contribution in [1.29, 1.82) is 0 Å². The summed E-state index contributed by atoms with van der Waals surface area (Å²) in [7, 11) is 0. The Bertz CT molecular complexity index is 149. The van der Waals surface area contributed by atoms with E-state index in [-0.39, 0.29) is 0 Å². The SMILES string of the molecule is CCCC[O][Sn]([CH2]CCC)([CH2]CCC)[CH2]CCC. The van der Waals surface area contributed by atoms with Crippen LogP contribution in [-0.2, 0) is 3.07 Å². The zero-order valence-corrected chi connectivity index (χ0v) is 16.2. The summed E-state index contributed by atoms with van der Waals surface area (Å²) in [4.78, 5) is 0. The summed E-state index contributed by atoms with van der Waals surface area (Å²) >= 11 is -2.22. The Kier molecular flexibility index (Phi) is 13.3. The van der Waals surface area contributed by atoms with Gasteiger partial charge in [0.2, 0.25) is 0 Å². The molecule has 0 fully saturated rings. The molecular weight excluding hydrogens is 327 g/mol. The summed E-state index contributed by atoms with van der Waals surface area (Å²) in [6.45, 7) is 10.3. The average Bonchev–Trinajstić information content (AvgIpc) is 2.40. The van der Waals surface area contributed by atoms with Crippen LogP contribution in [-0.4, -0.2) is 25.4 Å². The van der Waals surface area contributed by atoms with Gasteiger partial charge in [0.05, 0.1) is 0 Å². The van der Waals surface area contributed by atoms with Gasteiger partial charge in [-0.2, -0.15) is 0 Å². The molecule has 2 heteroatoms. The number of unbranched alkanes of at least 4 members (excludes halogenated alkanes) is 4. The molecule has 0 atom stereocenters. The standard InChI is InChI=1S/C4H9O.3C4H9.Sn/c1-2-3-4-5;3*1-3-4-2;/h2-4H2,1H3;3*1,3-4H2,2H3;/q-1;;;;+1. The number of rotatable bonds is 13. The molecule has 0 aliphatic heterocycles. The maximum absolute atomic E-state index is 6.59. The molecule has 0 unspecified atom stereocenters. The first kappa shape index (κ1) is 18.8. The summed E-state index contributed by atoms with van der Waals surface area (Å²) in [6, 6.07) is 0. The molecule has 0 spiro atoms. The molecule has 0 aromatic carbocycles. The van der Waals surface area contributed by atoms with Gasteiger partial charge in [-0.15, -0.1) is 0 Å². The van der Waals surface area contributed by atoms with Gasteiger partial charge in [-0.25, -0.2) is 0 Å². The average molecular weight is 363 g/mol. The van der Waals surface area contributed by atoms with Gasteiger partial charge in [0.1, 0.15) is 0 Å². The fourth-order valence-corrected chi connectivity index (χ4v) is 16.1. The van der Waals surface area contributed by atoms with E-state index < -0.39 is 18.8 Å². The van der Waals surface area contributed by atoms with Crippen LogP contribution in [0.4, 0.5) is 0 Å². The van der Waals surface area contributed by atoms with Crippen LogP contribution in [0.3, 0.4) is 0 Å². The monoisotopic (exact) mass is 364 g/mol. The van der Waals surface area contributed by atoms with Gasteiger partial charge in [-0.05, 0) is 0 Å². The van der Waals surface area contributed by atoms with Crippen molar-refractivity contribution in [2.75, 3.05) is 6.61 Å². The summed E-state index contributed by atoms with van der Waals surface area (Å²) in [5.41, 5.74) is 0. The number of hydrogen-bond acceptors (Lipinski definition) is 1. The Balaban J connectivity index is 4.41. The second-order valence-electron chi connectivity index (χ2n) is 5.70. The molecule has 0 rings (SSSR count). The number of hydrogen-bond donors (Lipinski definition) is 0. The van der Waals surface area contributed by atoms with Crippen molar-refractivity contribution >= 4 is 18.8 Å². The van der Waals surface area contributed by atoms with Gasteiger partial charge in [0.25, 0.3) is 0 Å². The zero-order valence-electron chi connectivity index (χ0n) is 13.4. The molecule has 0 aliphatic carbocycles. The molecule has 110 valence electrons. The van der Waals surface area contributed by atoms with E-state index in [9.17, 15) is 0 Å². The third-order valence-electron chi connectivity index (χ3n) is 3.86. The van der Waals surface area contributed by atoms with Crippen LogP contribution in [0.1, 0.15) is 79.1 Å². The second-order valence-corrected chi connectivity index (χ2v) is 17.6. The quantitative estimate of drug-likeness (QED) is 0.282. The minimum absolute atomic E-state index is 1.06. The van der Waals surface area contributed by atoms with Crippen molar-refractivity contribution < 1.29 is 3.07 Å². The Labute approximate surface area is 120 Å². The third kappa shape index (κ3) is 8.79. The molecule has 0 amide bonds. The first-order chi connectivity index (χ1) is 8.74. The molecule has 0 N–H and O–H groups in total. The van der Waals surface area contributed by atoms with Crippen molar-refractivity contribution in [3.63, 3.8) is 0 Å². The van der Waals surface area contributed by atoms with E-state index in [0.717, 1.165) is 6.61 Å². The molecule has 0 aliphatic rings. The topological polar surface area (TPSA) is 9.23 Å². The van der Waals surface area contributed by atoms with Crippen LogP contribution in [0.5, 0.6) is 0 Å². The van der Waals surface area contributed by atoms with Crippen molar-refractivity contribution in [2.24, 2.45) is 0 Å². The van der Waals surface area contributed by atoms with Gasteiger partial charge >= 0.3 is 121 Å². The van der Waals surface area contributed by atoms with Crippen LogP contribution in [0.25, 0.3) is 0 Å². The van der Waals surface area contributed by atoms with Gasteiger partial charge in [0, 0.05) is 0 Å². The van der Waals surface area contributed by atoms with Crippen molar-refractivity contribution in [1.82, 2.24) is 0 Å². The predicted molar refractivity (Wildman–Crippen MR) is 85.8 cm³/mol. The molecule has 0 saturated carbocycles. The molecule has 0 aromatic heterocycles. The van der Waals surface area contributed by atoms with E-state index >= 15 is 0 Å². The molecule has 18 heavy (non-hydrogen) atoms. The molecule has 1 nitrogen and oxygen atoms in total. The Morgan fingerprint density at radius 2 is 1.00 bits per heavy atom. The predicted octanol–water partition coefficient (Wildman–Crippen LogP) is 6.15. The van der Waals surface area contributed by atoms with E-state index in [1.54, 1.807) is 0 Å². The maximum atomic E-state index is 6.59. The zero-order chi connectivity index (χ0) is 13.7. The molecule has 0 aromatic rings. The fourth-order valence-electron chi connectivity index (χ4n) is 2.52. The third-order valence-corrected chi connectivity index (χ3v) is 17.0. The Morgan fingerprint density at radius 1 is 0.611 bits per heavy atom. The van der Waals surface area contributed by atoms with Crippen molar-refractivity contribution in [3.05, 3.63) is 0 Å². The summed E-state index contributed by atoms with van der Waals surface area (Å²) in [6.07, 6.45) is 10.8. The van der Waals surface area contributed by atoms with E-state index in [2.05, 4.69) is 27.7 Å². The van der Waals surface area contributed by atoms with Crippen molar-refractivity contribution in [3.8, 4) is 0 Å². The Hall–Kier alpha value is 0.759. The Morgan fingerprint density at radius 3 is 1.33 bits per heavy atom. The van der Waals surface area contributed by atoms with Crippen LogP contribution >= 0.6 is 0 Å². The van der Waals surface area contributed by atoms with Gasteiger partial charge in [-0.1, -0.05) is 0 Å². The first-order valence-electron chi connectivity index (χ1n) is 8.38. The van der Waals surface area contributed by atoms with E-state index in [1.807, 2.05) is 0 Å². The first-order valence-corrected chi connectivity index (χ1v) is 15.6. The molecule has 0 heterocycles. The minimum atomic E-state index is -2.22.